The highest BCUT2D eigenvalue weighted by atomic mass is 16.6. The Morgan fingerprint density at radius 1 is 1.19 bits per heavy atom. The van der Waals surface area contributed by atoms with Gasteiger partial charge in [0, 0.05) is 18.3 Å². The predicted molar refractivity (Wildman–Crippen MR) is 123 cm³/mol. The molecule has 0 amide bonds. The van der Waals surface area contributed by atoms with Gasteiger partial charge in [-0.1, -0.05) is 51.1 Å². The molecule has 2 aliphatic heterocycles. The first-order valence-electron chi connectivity index (χ1n) is 12.3. The van der Waals surface area contributed by atoms with E-state index in [2.05, 4.69) is 33.8 Å². The van der Waals surface area contributed by atoms with Crippen LogP contribution in [0.15, 0.2) is 42.5 Å². The van der Waals surface area contributed by atoms with Gasteiger partial charge in [-0.3, -0.25) is 0 Å². The van der Waals surface area contributed by atoms with Gasteiger partial charge in [-0.05, 0) is 66.8 Å². The molecule has 170 valence electrons. The number of carbonyl (C=O) groups excluding carboxylic acids is 1. The number of aliphatic hydroxyl groups is 1. The Kier molecular flexibility index (Phi) is 4.25. The fourth-order valence-electron chi connectivity index (χ4n) is 8.45. The Hall–Kier alpha value is -1.91. The minimum absolute atomic E-state index is 0.0665. The monoisotopic (exact) mass is 434 g/mol. The number of fused-ring (bicyclic) bond motifs is 9. The second-order valence-corrected chi connectivity index (χ2v) is 11.6. The number of ether oxygens (including phenoxy) is 2. The van der Waals surface area contributed by atoms with Gasteiger partial charge < -0.3 is 14.6 Å². The van der Waals surface area contributed by atoms with Crippen LogP contribution in [0.25, 0.3) is 10.8 Å². The Morgan fingerprint density at radius 3 is 2.69 bits per heavy atom. The average Bonchev–Trinajstić information content (AvgIpc) is 3.24. The summed E-state index contributed by atoms with van der Waals surface area (Å²) in [6, 6.07) is 13.9. The van der Waals surface area contributed by atoms with Gasteiger partial charge >= 0.3 is 5.97 Å². The van der Waals surface area contributed by atoms with Crippen molar-refractivity contribution in [1.82, 2.24) is 0 Å². The maximum Gasteiger partial charge on any atom is 0.338 e. The zero-order chi connectivity index (χ0) is 22.5. The summed E-state index contributed by atoms with van der Waals surface area (Å²) in [6.45, 7) is 8.76. The molecular weight excluding hydrogens is 400 g/mol. The molecule has 0 aromatic heterocycles. The molecule has 2 aliphatic carbocycles. The molecule has 32 heavy (non-hydrogen) atoms. The van der Waals surface area contributed by atoms with Crippen molar-refractivity contribution in [2.24, 2.45) is 29.6 Å². The highest BCUT2D eigenvalue weighted by molar-refractivity contribution is 5.95. The molecule has 2 bridgehead atoms. The van der Waals surface area contributed by atoms with E-state index < -0.39 is 22.9 Å². The molecule has 8 unspecified atom stereocenters. The Labute approximate surface area is 190 Å². The molecule has 1 N–H and O–H groups in total. The van der Waals surface area contributed by atoms with Crippen molar-refractivity contribution in [2.45, 2.75) is 76.3 Å². The second-order valence-electron chi connectivity index (χ2n) is 11.6. The summed E-state index contributed by atoms with van der Waals surface area (Å²) < 4.78 is 13.5. The molecule has 2 aromatic carbocycles. The molecule has 6 rings (SSSR count). The van der Waals surface area contributed by atoms with Gasteiger partial charge in [-0.25, -0.2) is 4.79 Å². The third-order valence-electron chi connectivity index (χ3n) is 9.33. The van der Waals surface area contributed by atoms with Gasteiger partial charge in [0.2, 0.25) is 0 Å². The van der Waals surface area contributed by atoms with Crippen LogP contribution < -0.4 is 0 Å². The lowest BCUT2D eigenvalue weighted by atomic mass is 9.41. The van der Waals surface area contributed by atoms with Crippen molar-refractivity contribution in [3.05, 3.63) is 48.0 Å². The number of esters is 1. The maximum absolute atomic E-state index is 13.7. The fraction of sp³-hybridized carbons (Fsp3) is 0.607. The van der Waals surface area contributed by atoms with E-state index in [1.165, 1.54) is 0 Å². The van der Waals surface area contributed by atoms with Crippen LogP contribution in [-0.2, 0) is 9.47 Å². The van der Waals surface area contributed by atoms with Gasteiger partial charge in [0.1, 0.15) is 5.60 Å². The summed E-state index contributed by atoms with van der Waals surface area (Å²) >= 11 is 0. The van der Waals surface area contributed by atoms with E-state index in [-0.39, 0.29) is 11.9 Å². The van der Waals surface area contributed by atoms with Crippen LogP contribution in [0.1, 0.15) is 63.7 Å². The first kappa shape index (κ1) is 20.7. The minimum Gasteiger partial charge on any atom is -0.452 e. The highest BCUT2D eigenvalue weighted by Crippen LogP contribution is 2.78. The lowest BCUT2D eigenvalue weighted by Crippen LogP contribution is -2.76. The van der Waals surface area contributed by atoms with Crippen molar-refractivity contribution >= 4 is 16.7 Å². The standard InChI is InChI=1S/C28H34O4/c1-16(2)14-27-15-22(29)26(4,32-27)24-21-12-9-17(3)23(21)28(24,27)31-25(30)20-11-10-18-7-5-6-8-19(18)13-20/h5-8,10-11,13,16-17,21-24,29H,9,12,14-15H2,1-4H3. The largest absolute Gasteiger partial charge is 0.452 e. The van der Waals surface area contributed by atoms with Crippen LogP contribution >= 0.6 is 0 Å². The third-order valence-corrected chi connectivity index (χ3v) is 9.33. The Morgan fingerprint density at radius 2 is 1.94 bits per heavy atom. The lowest BCUT2D eigenvalue weighted by Gasteiger charge is -2.64. The van der Waals surface area contributed by atoms with E-state index in [0.717, 1.165) is 30.0 Å². The van der Waals surface area contributed by atoms with Crippen LogP contribution in [0.5, 0.6) is 0 Å². The van der Waals surface area contributed by atoms with Gasteiger partial charge in [-0.2, -0.15) is 0 Å². The molecule has 8 atom stereocenters. The smallest absolute Gasteiger partial charge is 0.338 e. The Bertz CT molecular complexity index is 1090. The van der Waals surface area contributed by atoms with E-state index >= 15 is 0 Å². The normalized spacial score (nSPS) is 43.9. The van der Waals surface area contributed by atoms with Gasteiger partial charge in [0.05, 0.1) is 17.3 Å². The molecule has 4 fully saturated rings. The summed E-state index contributed by atoms with van der Waals surface area (Å²) in [5, 5.41) is 13.2. The van der Waals surface area contributed by atoms with E-state index in [4.69, 9.17) is 9.47 Å². The van der Waals surface area contributed by atoms with Crippen molar-refractivity contribution in [3.63, 3.8) is 0 Å². The number of aliphatic hydroxyl groups excluding tert-OH is 1. The SMILES string of the molecule is CC(C)CC12CC(O)C(C)(O1)C1C3CCC(C)C3C12OC(=O)c1ccc2ccccc2c1. The molecule has 2 aromatic rings. The van der Waals surface area contributed by atoms with E-state index in [1.807, 2.05) is 36.4 Å². The number of rotatable bonds is 4. The predicted octanol–water partition coefficient (Wildman–Crippen LogP) is 5.37. The quantitative estimate of drug-likeness (QED) is 0.658. The van der Waals surface area contributed by atoms with Crippen LogP contribution in [0.2, 0.25) is 0 Å². The molecule has 0 spiro atoms. The van der Waals surface area contributed by atoms with E-state index in [1.54, 1.807) is 0 Å². The highest BCUT2D eigenvalue weighted by Gasteiger charge is 2.88. The first-order valence-corrected chi connectivity index (χ1v) is 12.3. The number of benzene rings is 2. The van der Waals surface area contributed by atoms with Crippen LogP contribution in [-0.4, -0.2) is 34.0 Å². The number of carbonyl (C=O) groups is 1. The fourth-order valence-corrected chi connectivity index (χ4v) is 8.45. The van der Waals surface area contributed by atoms with Crippen LogP contribution in [0.3, 0.4) is 0 Å². The topological polar surface area (TPSA) is 55.8 Å². The third kappa shape index (κ3) is 2.38. The molecular formula is C28H34O4. The number of hydrogen-bond acceptors (Lipinski definition) is 4. The average molecular weight is 435 g/mol. The molecule has 4 heteroatoms. The molecule has 4 aliphatic rings. The molecule has 2 saturated heterocycles. The Balaban J connectivity index is 1.44. The molecule has 2 heterocycles. The zero-order valence-electron chi connectivity index (χ0n) is 19.5. The minimum atomic E-state index is -0.644. The first-order chi connectivity index (χ1) is 15.2. The summed E-state index contributed by atoms with van der Waals surface area (Å²) in [5.74, 6) is 1.46. The summed E-state index contributed by atoms with van der Waals surface area (Å²) in [6.07, 6.45) is 3.15. The molecule has 2 saturated carbocycles. The van der Waals surface area contributed by atoms with E-state index in [9.17, 15) is 9.90 Å². The van der Waals surface area contributed by atoms with Gasteiger partial charge in [0.15, 0.2) is 5.60 Å². The van der Waals surface area contributed by atoms with Crippen molar-refractivity contribution in [3.8, 4) is 0 Å². The van der Waals surface area contributed by atoms with Crippen LogP contribution in [0.4, 0.5) is 0 Å². The van der Waals surface area contributed by atoms with Crippen molar-refractivity contribution < 1.29 is 19.4 Å². The summed E-state index contributed by atoms with van der Waals surface area (Å²) in [7, 11) is 0. The van der Waals surface area contributed by atoms with Crippen molar-refractivity contribution in [1.29, 1.82) is 0 Å². The lowest BCUT2D eigenvalue weighted by molar-refractivity contribution is -0.250. The van der Waals surface area contributed by atoms with E-state index in [0.29, 0.717) is 35.7 Å². The number of hydrogen-bond donors (Lipinski definition) is 1. The summed E-state index contributed by atoms with van der Waals surface area (Å²) in [4.78, 5) is 13.7. The zero-order valence-corrected chi connectivity index (χ0v) is 19.5. The molecule has 0 radical (unpaired) electrons. The van der Waals surface area contributed by atoms with Gasteiger partial charge in [-0.15, -0.1) is 0 Å². The maximum atomic E-state index is 13.7. The molecule has 4 nitrogen and oxygen atoms in total. The second kappa shape index (κ2) is 6.57. The summed E-state index contributed by atoms with van der Waals surface area (Å²) in [5.41, 5.74) is -1.29. The van der Waals surface area contributed by atoms with Crippen LogP contribution in [0, 0.1) is 29.6 Å². The van der Waals surface area contributed by atoms with Gasteiger partial charge in [0.25, 0.3) is 0 Å². The van der Waals surface area contributed by atoms with Crippen molar-refractivity contribution in [2.75, 3.05) is 0 Å².